The van der Waals surface area contributed by atoms with Gasteiger partial charge in [-0.1, -0.05) is 37.5 Å². The molecule has 6 heteroatoms. The summed E-state index contributed by atoms with van der Waals surface area (Å²) in [7, 11) is 0. The summed E-state index contributed by atoms with van der Waals surface area (Å²) in [4.78, 5) is 32.5. The molecule has 0 bridgehead atoms. The van der Waals surface area contributed by atoms with Crippen LogP contribution in [0.2, 0.25) is 0 Å². The van der Waals surface area contributed by atoms with Crippen molar-refractivity contribution in [3.63, 3.8) is 0 Å². The Morgan fingerprint density at radius 3 is 2.31 bits per heavy atom. The fraction of sp³-hybridized carbons (Fsp3) is 0.500. The summed E-state index contributed by atoms with van der Waals surface area (Å²) in [5, 5.41) is 1.03. The molecule has 0 spiro atoms. The molecule has 3 N–H and O–H groups in total. The average Bonchev–Trinajstić information content (AvgIpc) is 3.12. The number of hydrogen-bond acceptors (Lipinski definition) is 3. The quantitative estimate of drug-likeness (QED) is 0.866. The largest absolute Gasteiger partial charge is 0.351 e. The van der Waals surface area contributed by atoms with Crippen molar-refractivity contribution in [3.8, 4) is 0 Å². The van der Waals surface area contributed by atoms with E-state index in [1.165, 1.54) is 6.42 Å². The Labute approximate surface area is 153 Å². The van der Waals surface area contributed by atoms with Crippen molar-refractivity contribution in [1.82, 2.24) is 14.8 Å². The standard InChI is InChI=1S/C20H26N4O2/c21-20(8-4-1-5-9-20)19(26)24-12-10-23(11-13-24)18(25)17-14-15-6-2-3-7-16(15)22-17/h2-3,6-7,14,22H,1,4-5,8-13,21H2. The third-order valence-corrected chi connectivity index (χ3v) is 5.79. The van der Waals surface area contributed by atoms with Gasteiger partial charge >= 0.3 is 0 Å². The van der Waals surface area contributed by atoms with Gasteiger partial charge < -0.3 is 20.5 Å². The molecule has 138 valence electrons. The number of rotatable bonds is 2. The van der Waals surface area contributed by atoms with Crippen LogP contribution in [-0.2, 0) is 4.79 Å². The number of aromatic nitrogens is 1. The number of piperazine rings is 1. The molecule has 0 radical (unpaired) electrons. The number of para-hydroxylation sites is 1. The van der Waals surface area contributed by atoms with Gasteiger partial charge in [0.25, 0.3) is 5.91 Å². The zero-order valence-electron chi connectivity index (χ0n) is 15.0. The summed E-state index contributed by atoms with van der Waals surface area (Å²) >= 11 is 0. The van der Waals surface area contributed by atoms with Crippen LogP contribution in [0.25, 0.3) is 10.9 Å². The van der Waals surface area contributed by atoms with E-state index in [1.807, 2.05) is 40.1 Å². The number of nitrogens with one attached hydrogen (secondary N) is 1. The minimum absolute atomic E-state index is 0.00609. The van der Waals surface area contributed by atoms with Crippen molar-refractivity contribution in [3.05, 3.63) is 36.0 Å². The lowest BCUT2D eigenvalue weighted by Crippen LogP contribution is -2.60. The molecule has 4 rings (SSSR count). The van der Waals surface area contributed by atoms with Gasteiger partial charge in [-0.2, -0.15) is 0 Å². The number of hydrogen-bond donors (Lipinski definition) is 2. The van der Waals surface area contributed by atoms with Gasteiger partial charge in [0.2, 0.25) is 5.91 Å². The topological polar surface area (TPSA) is 82.4 Å². The second-order valence-corrected chi connectivity index (χ2v) is 7.57. The van der Waals surface area contributed by atoms with Crippen molar-refractivity contribution in [2.45, 2.75) is 37.6 Å². The molecule has 0 atom stereocenters. The molecule has 26 heavy (non-hydrogen) atoms. The maximum Gasteiger partial charge on any atom is 0.270 e. The zero-order chi connectivity index (χ0) is 18.1. The Hall–Kier alpha value is -2.34. The van der Waals surface area contributed by atoms with Crippen molar-refractivity contribution < 1.29 is 9.59 Å². The van der Waals surface area contributed by atoms with Crippen LogP contribution < -0.4 is 5.73 Å². The normalized spacial score (nSPS) is 20.3. The summed E-state index contributed by atoms with van der Waals surface area (Å²) < 4.78 is 0. The first-order chi connectivity index (χ1) is 12.6. The molecule has 2 heterocycles. The van der Waals surface area contributed by atoms with Crippen LogP contribution in [0.3, 0.4) is 0 Å². The molecule has 1 saturated carbocycles. The van der Waals surface area contributed by atoms with Crippen LogP contribution in [0, 0.1) is 0 Å². The molecule has 2 fully saturated rings. The Balaban J connectivity index is 1.40. The lowest BCUT2D eigenvalue weighted by atomic mass is 9.81. The molecule has 2 amide bonds. The molecule has 1 aromatic carbocycles. The first-order valence-electron chi connectivity index (χ1n) is 9.52. The van der Waals surface area contributed by atoms with Crippen molar-refractivity contribution in [2.24, 2.45) is 5.73 Å². The third-order valence-electron chi connectivity index (χ3n) is 5.79. The predicted molar refractivity (Wildman–Crippen MR) is 101 cm³/mol. The van der Waals surface area contributed by atoms with Crippen molar-refractivity contribution in [2.75, 3.05) is 26.2 Å². The number of aromatic amines is 1. The van der Waals surface area contributed by atoms with Gasteiger partial charge in [-0.25, -0.2) is 0 Å². The summed E-state index contributed by atoms with van der Waals surface area (Å²) in [6, 6.07) is 9.76. The van der Waals surface area contributed by atoms with Crippen LogP contribution >= 0.6 is 0 Å². The fourth-order valence-electron chi connectivity index (χ4n) is 4.18. The molecule has 1 aliphatic heterocycles. The zero-order valence-corrected chi connectivity index (χ0v) is 15.0. The Morgan fingerprint density at radius 2 is 1.62 bits per heavy atom. The summed E-state index contributed by atoms with van der Waals surface area (Å²) in [6.45, 7) is 2.22. The van der Waals surface area contributed by atoms with Crippen LogP contribution in [0.1, 0.15) is 42.6 Å². The van der Waals surface area contributed by atoms with Gasteiger partial charge in [-0.3, -0.25) is 9.59 Å². The maximum absolute atomic E-state index is 12.8. The summed E-state index contributed by atoms with van der Waals surface area (Å²) in [5.41, 5.74) is 7.26. The number of amides is 2. The Bertz CT molecular complexity index is 781. The average molecular weight is 354 g/mol. The molecular weight excluding hydrogens is 328 g/mol. The number of carbonyl (C=O) groups is 2. The molecule has 0 unspecified atom stereocenters. The minimum Gasteiger partial charge on any atom is -0.351 e. The second kappa shape index (κ2) is 6.76. The van der Waals surface area contributed by atoms with Crippen molar-refractivity contribution >= 4 is 22.7 Å². The highest BCUT2D eigenvalue weighted by Gasteiger charge is 2.39. The summed E-state index contributed by atoms with van der Waals surface area (Å²) in [5.74, 6) is 0.0586. The molecular formula is C20H26N4O2. The highest BCUT2D eigenvalue weighted by atomic mass is 16.2. The van der Waals surface area contributed by atoms with E-state index in [4.69, 9.17) is 5.73 Å². The van der Waals surface area contributed by atoms with E-state index in [0.29, 0.717) is 31.9 Å². The van der Waals surface area contributed by atoms with Gasteiger partial charge in [-0.05, 0) is 25.0 Å². The first-order valence-corrected chi connectivity index (χ1v) is 9.52. The Morgan fingerprint density at radius 1 is 0.962 bits per heavy atom. The molecule has 6 nitrogen and oxygen atoms in total. The number of benzene rings is 1. The molecule has 2 aromatic rings. The summed E-state index contributed by atoms with van der Waals surface area (Å²) in [6.07, 6.45) is 4.78. The number of nitrogens with zero attached hydrogens (tertiary/aromatic N) is 2. The van der Waals surface area contributed by atoms with E-state index >= 15 is 0 Å². The number of fused-ring (bicyclic) bond motifs is 1. The SMILES string of the molecule is NC1(C(=O)N2CCN(C(=O)c3cc4ccccc4[nH]3)CC2)CCCCC1. The lowest BCUT2D eigenvalue weighted by Gasteiger charge is -2.41. The van der Waals surface area contributed by atoms with Gasteiger partial charge in [0, 0.05) is 37.1 Å². The Kier molecular flexibility index (Phi) is 4.44. The van der Waals surface area contributed by atoms with Gasteiger partial charge in [0.1, 0.15) is 5.69 Å². The highest BCUT2D eigenvalue weighted by Crippen LogP contribution is 2.28. The van der Waals surface area contributed by atoms with Crippen LogP contribution in [-0.4, -0.2) is 58.3 Å². The molecule has 1 aliphatic carbocycles. The van der Waals surface area contributed by atoms with Crippen molar-refractivity contribution in [1.29, 1.82) is 0 Å². The number of nitrogens with two attached hydrogens (primary N) is 1. The second-order valence-electron chi connectivity index (χ2n) is 7.57. The van der Waals surface area contributed by atoms with Gasteiger partial charge in [0.15, 0.2) is 0 Å². The van der Waals surface area contributed by atoms with E-state index < -0.39 is 5.54 Å². The van der Waals surface area contributed by atoms with Crippen LogP contribution in [0.15, 0.2) is 30.3 Å². The first kappa shape index (κ1) is 17.1. The monoisotopic (exact) mass is 354 g/mol. The van der Waals surface area contributed by atoms with E-state index in [1.54, 1.807) is 0 Å². The predicted octanol–water partition coefficient (Wildman–Crippen LogP) is 2.11. The van der Waals surface area contributed by atoms with E-state index in [-0.39, 0.29) is 11.8 Å². The molecule has 1 aromatic heterocycles. The van der Waals surface area contributed by atoms with Crippen LogP contribution in [0.5, 0.6) is 0 Å². The fourth-order valence-corrected chi connectivity index (χ4v) is 4.18. The van der Waals surface area contributed by atoms with Gasteiger partial charge in [-0.15, -0.1) is 0 Å². The maximum atomic E-state index is 12.8. The van der Waals surface area contributed by atoms with E-state index in [0.717, 1.165) is 36.6 Å². The third kappa shape index (κ3) is 3.09. The van der Waals surface area contributed by atoms with E-state index in [9.17, 15) is 9.59 Å². The smallest absolute Gasteiger partial charge is 0.270 e. The molecule has 1 saturated heterocycles. The number of H-pyrrole nitrogens is 1. The number of carbonyl (C=O) groups excluding carboxylic acids is 2. The molecule has 2 aliphatic rings. The van der Waals surface area contributed by atoms with Gasteiger partial charge in [0.05, 0.1) is 5.54 Å². The van der Waals surface area contributed by atoms with E-state index in [2.05, 4.69) is 4.98 Å². The lowest BCUT2D eigenvalue weighted by molar-refractivity contribution is -0.139. The highest BCUT2D eigenvalue weighted by molar-refractivity contribution is 5.98. The van der Waals surface area contributed by atoms with Crippen LogP contribution in [0.4, 0.5) is 0 Å². The minimum atomic E-state index is -0.693.